The van der Waals surface area contributed by atoms with Crippen molar-refractivity contribution in [2.75, 3.05) is 37.9 Å². The van der Waals surface area contributed by atoms with Gasteiger partial charge in [-0.3, -0.25) is 0 Å². The number of aromatic hydroxyl groups is 1. The molecule has 45 heavy (non-hydrogen) atoms. The number of benzene rings is 2. The maximum atomic E-state index is 13.0. The summed E-state index contributed by atoms with van der Waals surface area (Å²) in [7, 11) is -5.20. The summed E-state index contributed by atoms with van der Waals surface area (Å²) in [6.07, 6.45) is -0.597. The van der Waals surface area contributed by atoms with Crippen LogP contribution >= 0.6 is 0 Å². The van der Waals surface area contributed by atoms with E-state index in [1.807, 2.05) is 30.1 Å². The maximum Gasteiger partial charge on any atom is 0.453 e. The van der Waals surface area contributed by atoms with Gasteiger partial charge in [-0.15, -0.1) is 0 Å². The van der Waals surface area contributed by atoms with Crippen molar-refractivity contribution >= 4 is 30.8 Å². The highest BCUT2D eigenvalue weighted by Crippen LogP contribution is 2.40. The van der Waals surface area contributed by atoms with Gasteiger partial charge in [-0.25, -0.2) is 16.8 Å². The Balaban J connectivity index is 1.53. The summed E-state index contributed by atoms with van der Waals surface area (Å²) >= 11 is 0. The van der Waals surface area contributed by atoms with Crippen LogP contribution < -0.4 is 0 Å². The number of aryl methyl sites for hydroxylation is 1. The van der Waals surface area contributed by atoms with Crippen molar-refractivity contribution in [1.29, 1.82) is 0 Å². The van der Waals surface area contributed by atoms with Crippen molar-refractivity contribution in [1.82, 2.24) is 4.90 Å². The lowest BCUT2D eigenvalue weighted by Gasteiger charge is -2.19. The quantitative estimate of drug-likeness (QED) is 0.148. The lowest BCUT2D eigenvalue weighted by atomic mass is 9.89. The lowest BCUT2D eigenvalue weighted by Crippen LogP contribution is -2.36. The second-order valence-corrected chi connectivity index (χ2v) is 16.2. The minimum absolute atomic E-state index is 0.216. The highest BCUT2D eigenvalue weighted by Gasteiger charge is 2.56. The molecule has 0 saturated carbocycles. The summed E-state index contributed by atoms with van der Waals surface area (Å²) in [5, 5.41) is 10.1. The predicted octanol–water partition coefficient (Wildman–Crippen LogP) is 7.32. The molecule has 0 aliphatic heterocycles. The summed E-state index contributed by atoms with van der Waals surface area (Å²) in [5.41, 5.74) is 5.49. The third-order valence-corrected chi connectivity index (χ3v) is 11.1. The van der Waals surface area contributed by atoms with Crippen molar-refractivity contribution in [2.24, 2.45) is 0 Å². The van der Waals surface area contributed by atoms with Crippen LogP contribution in [0.15, 0.2) is 47.4 Å². The number of hydrogen-bond acceptors (Lipinski definition) is 6. The van der Waals surface area contributed by atoms with Gasteiger partial charge in [-0.1, -0.05) is 24.6 Å². The molecule has 1 aliphatic carbocycles. The zero-order valence-electron chi connectivity index (χ0n) is 25.7. The molecule has 0 amide bonds. The Morgan fingerprint density at radius 1 is 0.822 bits per heavy atom. The second-order valence-electron chi connectivity index (χ2n) is 11.9. The minimum Gasteiger partial charge on any atom is -0.508 e. The predicted molar refractivity (Wildman–Crippen MR) is 167 cm³/mol. The molecular weight excluding hydrogens is 637 g/mol. The monoisotopic (exact) mass is 679 g/mol. The number of fused-ring (bicyclic) bond motifs is 1. The number of halogens is 5. The van der Waals surface area contributed by atoms with E-state index in [0.29, 0.717) is 13.1 Å². The Hall–Kier alpha value is -2.51. The highest BCUT2D eigenvalue weighted by atomic mass is 32.2. The van der Waals surface area contributed by atoms with E-state index in [1.54, 1.807) is 24.3 Å². The third kappa shape index (κ3) is 11.1. The van der Waals surface area contributed by atoms with Crippen LogP contribution in [-0.2, 0) is 26.1 Å². The van der Waals surface area contributed by atoms with Gasteiger partial charge < -0.3 is 10.0 Å². The molecule has 1 N–H and O–H groups in total. The van der Waals surface area contributed by atoms with Crippen LogP contribution in [0.5, 0.6) is 5.75 Å². The van der Waals surface area contributed by atoms with Gasteiger partial charge in [0.05, 0.1) is 16.4 Å². The van der Waals surface area contributed by atoms with Crippen LogP contribution in [0, 0.1) is 0 Å². The standard InChI is InChI=1S/C32H42F5NO5S2/c1-38(20-8-22-45(42,43)21-7-18-31(33,34)32(35,36)37)19-5-3-4-10-30-28(24-12-15-27(16-13-24)44(2,40)41)11-6-9-25-23-26(39)14-17-29(25)30/h12-17,23,39H,3-11,18-22H2,1-2H3. The van der Waals surface area contributed by atoms with E-state index in [0.717, 1.165) is 61.6 Å². The zero-order chi connectivity index (χ0) is 33.5. The van der Waals surface area contributed by atoms with Crippen LogP contribution in [0.3, 0.4) is 0 Å². The first-order valence-electron chi connectivity index (χ1n) is 15.1. The molecule has 0 unspecified atom stereocenters. The molecule has 0 bridgehead atoms. The molecule has 6 nitrogen and oxygen atoms in total. The molecule has 0 radical (unpaired) electrons. The fraction of sp³-hybridized carbons (Fsp3) is 0.562. The summed E-state index contributed by atoms with van der Waals surface area (Å²) in [4.78, 5) is 2.24. The van der Waals surface area contributed by atoms with Crippen LogP contribution in [0.25, 0.3) is 11.1 Å². The number of phenolic OH excluding ortho intramolecular Hbond substituents is 1. The second kappa shape index (κ2) is 15.4. The molecule has 2 aromatic carbocycles. The zero-order valence-corrected chi connectivity index (χ0v) is 27.3. The Labute approximate surface area is 263 Å². The summed E-state index contributed by atoms with van der Waals surface area (Å²) in [5.74, 6) is -5.65. The topological polar surface area (TPSA) is 91.8 Å². The van der Waals surface area contributed by atoms with Gasteiger partial charge in [0, 0.05) is 12.7 Å². The fourth-order valence-corrected chi connectivity index (χ4v) is 7.63. The van der Waals surface area contributed by atoms with E-state index in [2.05, 4.69) is 0 Å². The van der Waals surface area contributed by atoms with Gasteiger partial charge in [0.15, 0.2) is 9.84 Å². The molecule has 0 spiro atoms. The maximum absolute atomic E-state index is 13.0. The van der Waals surface area contributed by atoms with E-state index in [1.165, 1.54) is 17.4 Å². The van der Waals surface area contributed by atoms with Crippen LogP contribution in [0.1, 0.15) is 74.5 Å². The number of rotatable bonds is 16. The van der Waals surface area contributed by atoms with Crippen molar-refractivity contribution < 1.29 is 43.9 Å². The first-order valence-corrected chi connectivity index (χ1v) is 18.8. The first-order chi connectivity index (χ1) is 20.9. The van der Waals surface area contributed by atoms with Gasteiger partial charge in [0.2, 0.25) is 0 Å². The van der Waals surface area contributed by atoms with Gasteiger partial charge in [-0.05, 0) is 124 Å². The van der Waals surface area contributed by atoms with Gasteiger partial charge in [-0.2, -0.15) is 22.0 Å². The van der Waals surface area contributed by atoms with Crippen molar-refractivity contribution in [3.63, 3.8) is 0 Å². The minimum atomic E-state index is -5.68. The van der Waals surface area contributed by atoms with Crippen molar-refractivity contribution in [2.45, 2.75) is 81.2 Å². The molecular formula is C32H42F5NO5S2. The number of allylic oxidation sites excluding steroid dienone is 2. The molecule has 13 heteroatoms. The number of sulfone groups is 2. The van der Waals surface area contributed by atoms with E-state index in [-0.39, 0.29) is 22.8 Å². The largest absolute Gasteiger partial charge is 0.508 e. The number of phenols is 1. The molecule has 1 aliphatic rings. The number of alkyl halides is 5. The molecule has 0 aromatic heterocycles. The molecule has 0 atom stereocenters. The number of nitrogens with zero attached hydrogens (tertiary/aromatic N) is 1. The normalized spacial score (nSPS) is 14.9. The fourth-order valence-electron chi connectivity index (χ4n) is 5.64. The molecule has 0 fully saturated rings. The average molecular weight is 680 g/mol. The number of unbranched alkanes of at least 4 members (excludes halogenated alkanes) is 2. The number of hydrogen-bond donors (Lipinski definition) is 1. The molecule has 0 heterocycles. The first kappa shape index (κ1) is 37.0. The van der Waals surface area contributed by atoms with Gasteiger partial charge in [0.25, 0.3) is 0 Å². The third-order valence-electron chi connectivity index (χ3n) is 8.10. The summed E-state index contributed by atoms with van der Waals surface area (Å²) in [6.45, 7) is 1.16. The summed E-state index contributed by atoms with van der Waals surface area (Å²) in [6, 6.07) is 12.4. The Morgan fingerprint density at radius 2 is 1.47 bits per heavy atom. The van der Waals surface area contributed by atoms with Crippen LogP contribution in [-0.4, -0.2) is 76.8 Å². The smallest absolute Gasteiger partial charge is 0.453 e. The highest BCUT2D eigenvalue weighted by molar-refractivity contribution is 7.91. The van der Waals surface area contributed by atoms with Gasteiger partial charge in [0.1, 0.15) is 15.6 Å². The van der Waals surface area contributed by atoms with Crippen molar-refractivity contribution in [3.05, 3.63) is 59.2 Å². The van der Waals surface area contributed by atoms with Crippen LogP contribution in [0.4, 0.5) is 22.0 Å². The van der Waals surface area contributed by atoms with Crippen molar-refractivity contribution in [3.8, 4) is 5.75 Å². The van der Waals surface area contributed by atoms with E-state index >= 15 is 0 Å². The molecule has 0 saturated heterocycles. The Kier molecular flexibility index (Phi) is 12.6. The molecule has 252 valence electrons. The van der Waals surface area contributed by atoms with Crippen LogP contribution in [0.2, 0.25) is 0 Å². The lowest BCUT2D eigenvalue weighted by molar-refractivity contribution is -0.284. The van der Waals surface area contributed by atoms with Gasteiger partial charge >= 0.3 is 12.1 Å². The SMILES string of the molecule is CN(CCCCCC1=C(c2ccc(S(C)(=O)=O)cc2)CCCc2cc(O)ccc21)CCCS(=O)(=O)CCCC(F)(F)C(F)(F)F. The molecule has 3 rings (SSSR count). The average Bonchev–Trinajstić information content (AvgIpc) is 3.10. The summed E-state index contributed by atoms with van der Waals surface area (Å²) < 4.78 is 111. The van der Waals surface area contributed by atoms with E-state index in [9.17, 15) is 43.9 Å². The van der Waals surface area contributed by atoms with E-state index < -0.39 is 50.4 Å². The molecule has 2 aromatic rings. The Bertz CT molecular complexity index is 1540. The Morgan fingerprint density at radius 3 is 2.11 bits per heavy atom. The van der Waals surface area contributed by atoms with E-state index in [4.69, 9.17) is 0 Å².